The maximum atomic E-state index is 12.4. The highest BCUT2D eigenvalue weighted by atomic mass is 32.2. The van der Waals surface area contributed by atoms with E-state index in [0.717, 1.165) is 15.4 Å². The first-order valence-corrected chi connectivity index (χ1v) is 13.5. The van der Waals surface area contributed by atoms with Crippen molar-refractivity contribution in [3.63, 3.8) is 0 Å². The second-order valence-corrected chi connectivity index (χ2v) is 10.8. The van der Waals surface area contributed by atoms with Crippen molar-refractivity contribution in [3.05, 3.63) is 94.4 Å². The van der Waals surface area contributed by atoms with Crippen molar-refractivity contribution < 1.29 is 22.7 Å². The quantitative estimate of drug-likeness (QED) is 0.449. The Morgan fingerprint density at radius 1 is 1.05 bits per heavy atom. The fourth-order valence-electron chi connectivity index (χ4n) is 3.63. The van der Waals surface area contributed by atoms with Gasteiger partial charge in [0.2, 0.25) is 0 Å². The Labute approximate surface area is 222 Å². The first-order valence-electron chi connectivity index (χ1n) is 11.2. The summed E-state index contributed by atoms with van der Waals surface area (Å²) in [5.41, 5.74) is 3.30. The standard InChI is InChI=1S/C26H19N5O5S2/c27-14-18-1-3-19(4-2-18)16-36-22-11-5-17(6-12-22)13-23-25(33)29-26(37-23)28-20-7-9-21(10-8-20)31-15-24(32)30-38(31,34)35/h1-13H,15-16H2,(H,30,32)(H,28,29,33). The number of nitrogens with one attached hydrogen (secondary N) is 2. The van der Waals surface area contributed by atoms with Crippen molar-refractivity contribution in [2.45, 2.75) is 6.61 Å². The third-order valence-corrected chi connectivity index (χ3v) is 7.82. The zero-order chi connectivity index (χ0) is 26.7. The molecule has 2 N–H and O–H groups in total. The van der Waals surface area contributed by atoms with Gasteiger partial charge in [0.15, 0.2) is 5.17 Å². The number of benzene rings is 3. The van der Waals surface area contributed by atoms with Gasteiger partial charge in [-0.25, -0.2) is 9.03 Å². The van der Waals surface area contributed by atoms with Crippen LogP contribution in [-0.2, 0) is 26.4 Å². The second kappa shape index (κ2) is 10.4. The normalized spacial score (nSPS) is 17.2. The summed E-state index contributed by atoms with van der Waals surface area (Å²) in [5.74, 6) is -0.291. The van der Waals surface area contributed by atoms with Crippen LogP contribution in [0.2, 0.25) is 0 Å². The summed E-state index contributed by atoms with van der Waals surface area (Å²) < 4.78 is 32.7. The lowest BCUT2D eigenvalue weighted by atomic mass is 10.1. The minimum absolute atomic E-state index is 0.273. The van der Waals surface area contributed by atoms with E-state index in [-0.39, 0.29) is 12.5 Å². The second-order valence-electron chi connectivity index (χ2n) is 8.21. The molecule has 0 atom stereocenters. The molecule has 1 fully saturated rings. The highest BCUT2D eigenvalue weighted by Gasteiger charge is 2.33. The molecule has 0 aromatic heterocycles. The third-order valence-electron chi connectivity index (χ3n) is 5.51. The number of aliphatic imine (C=N–C) groups is 1. The van der Waals surface area contributed by atoms with Crippen molar-refractivity contribution >= 4 is 56.4 Å². The van der Waals surface area contributed by atoms with Gasteiger partial charge in [-0.3, -0.25) is 9.59 Å². The highest BCUT2D eigenvalue weighted by molar-refractivity contribution is 8.18. The minimum atomic E-state index is -3.87. The van der Waals surface area contributed by atoms with Gasteiger partial charge in [0.25, 0.3) is 11.8 Å². The van der Waals surface area contributed by atoms with Crippen molar-refractivity contribution in [2.24, 2.45) is 4.99 Å². The lowest BCUT2D eigenvalue weighted by molar-refractivity contribution is -0.117. The fourth-order valence-corrected chi connectivity index (χ4v) is 5.61. The summed E-state index contributed by atoms with van der Waals surface area (Å²) in [6, 6.07) is 23.0. The Balaban J connectivity index is 1.17. The van der Waals surface area contributed by atoms with Crippen molar-refractivity contribution in [2.75, 3.05) is 16.2 Å². The van der Waals surface area contributed by atoms with E-state index in [0.29, 0.717) is 39.4 Å². The summed E-state index contributed by atoms with van der Waals surface area (Å²) in [5, 5.41) is 12.3. The van der Waals surface area contributed by atoms with Crippen molar-refractivity contribution in [1.82, 2.24) is 4.72 Å². The number of nitrogens with zero attached hydrogens (tertiary/aromatic N) is 3. The van der Waals surface area contributed by atoms with E-state index in [4.69, 9.17) is 10.00 Å². The molecular weight excluding hydrogens is 526 g/mol. The van der Waals surface area contributed by atoms with Crippen LogP contribution in [0.4, 0.5) is 11.4 Å². The molecule has 3 aromatic rings. The molecule has 12 heteroatoms. The molecule has 2 heterocycles. The zero-order valence-electron chi connectivity index (χ0n) is 19.6. The van der Waals surface area contributed by atoms with Gasteiger partial charge in [-0.2, -0.15) is 18.7 Å². The van der Waals surface area contributed by atoms with Gasteiger partial charge >= 0.3 is 10.2 Å². The molecule has 5 rings (SSSR count). The first-order chi connectivity index (χ1) is 18.3. The number of amidine groups is 1. The molecule has 1 saturated heterocycles. The van der Waals surface area contributed by atoms with E-state index < -0.39 is 16.1 Å². The SMILES string of the molecule is N#Cc1ccc(COc2ccc(C=C3SC(Nc4ccc(N5CC(=O)NS5(=O)=O)cc4)=NC3=O)cc2)cc1. The van der Waals surface area contributed by atoms with Gasteiger partial charge in [0.1, 0.15) is 18.9 Å². The van der Waals surface area contributed by atoms with Gasteiger partial charge in [0, 0.05) is 5.69 Å². The van der Waals surface area contributed by atoms with Crippen LogP contribution in [0.25, 0.3) is 6.08 Å². The fraction of sp³-hybridized carbons (Fsp3) is 0.0769. The van der Waals surface area contributed by atoms with E-state index >= 15 is 0 Å². The predicted octanol–water partition coefficient (Wildman–Crippen LogP) is 3.40. The molecule has 2 aliphatic heterocycles. The van der Waals surface area contributed by atoms with Crippen molar-refractivity contribution in [1.29, 1.82) is 5.26 Å². The van der Waals surface area contributed by atoms with Gasteiger partial charge in [-0.1, -0.05) is 24.3 Å². The lowest BCUT2D eigenvalue weighted by Gasteiger charge is -2.15. The lowest BCUT2D eigenvalue weighted by Crippen LogP contribution is -2.29. The van der Waals surface area contributed by atoms with E-state index in [2.05, 4.69) is 16.4 Å². The van der Waals surface area contributed by atoms with E-state index in [9.17, 15) is 18.0 Å². The van der Waals surface area contributed by atoms with Crippen LogP contribution in [0.1, 0.15) is 16.7 Å². The van der Waals surface area contributed by atoms with Crippen LogP contribution < -0.4 is 19.1 Å². The molecule has 190 valence electrons. The minimum Gasteiger partial charge on any atom is -0.489 e. The number of hydrogen-bond acceptors (Lipinski definition) is 8. The topological polar surface area (TPSA) is 141 Å². The zero-order valence-corrected chi connectivity index (χ0v) is 21.3. The summed E-state index contributed by atoms with van der Waals surface area (Å²) in [7, 11) is -3.87. The summed E-state index contributed by atoms with van der Waals surface area (Å²) in [4.78, 5) is 28.3. The van der Waals surface area contributed by atoms with Crippen molar-refractivity contribution in [3.8, 4) is 11.8 Å². The van der Waals surface area contributed by atoms with Crippen LogP contribution in [0.15, 0.2) is 82.7 Å². The number of thioether (sulfide) groups is 1. The number of amides is 2. The molecule has 0 spiro atoms. The molecule has 0 saturated carbocycles. The number of nitriles is 1. The average molecular weight is 546 g/mol. The maximum Gasteiger partial charge on any atom is 0.326 e. The Hall–Kier alpha value is -4.60. The van der Waals surface area contributed by atoms with Crippen LogP contribution in [-0.4, -0.2) is 31.9 Å². The Morgan fingerprint density at radius 3 is 2.39 bits per heavy atom. The van der Waals surface area contributed by atoms with Gasteiger partial charge in [-0.15, -0.1) is 0 Å². The average Bonchev–Trinajstić information content (AvgIpc) is 3.39. The Morgan fingerprint density at radius 2 is 1.76 bits per heavy atom. The van der Waals surface area contributed by atoms with Crippen LogP contribution in [0.5, 0.6) is 5.75 Å². The summed E-state index contributed by atoms with van der Waals surface area (Å²) >= 11 is 1.19. The molecule has 38 heavy (non-hydrogen) atoms. The van der Waals surface area contributed by atoms with E-state index in [1.165, 1.54) is 11.8 Å². The Bertz CT molecular complexity index is 1610. The number of anilines is 2. The number of rotatable bonds is 6. The molecular formula is C26H19N5O5S2. The smallest absolute Gasteiger partial charge is 0.326 e. The van der Waals surface area contributed by atoms with Crippen LogP contribution in [0.3, 0.4) is 0 Å². The molecule has 3 aromatic carbocycles. The van der Waals surface area contributed by atoms with E-state index in [1.807, 2.05) is 41.1 Å². The molecule has 10 nitrogen and oxygen atoms in total. The molecule has 2 amide bonds. The number of carbonyl (C=O) groups excluding carboxylic acids is 2. The molecule has 0 radical (unpaired) electrons. The maximum absolute atomic E-state index is 12.4. The molecule has 0 unspecified atom stereocenters. The van der Waals surface area contributed by atoms with Crippen LogP contribution >= 0.6 is 11.8 Å². The summed E-state index contributed by atoms with van der Waals surface area (Å²) in [6.07, 6.45) is 1.74. The molecule has 2 aliphatic rings. The van der Waals surface area contributed by atoms with Gasteiger partial charge in [-0.05, 0) is 77.5 Å². The number of ether oxygens (including phenoxy) is 1. The predicted molar refractivity (Wildman–Crippen MR) is 144 cm³/mol. The van der Waals surface area contributed by atoms with Crippen LogP contribution in [0, 0.1) is 11.3 Å². The molecule has 0 bridgehead atoms. The molecule has 0 aliphatic carbocycles. The van der Waals surface area contributed by atoms with E-state index in [1.54, 1.807) is 42.5 Å². The monoisotopic (exact) mass is 545 g/mol. The largest absolute Gasteiger partial charge is 0.489 e. The Kier molecular flexibility index (Phi) is 6.87. The highest BCUT2D eigenvalue weighted by Crippen LogP contribution is 2.30. The number of carbonyl (C=O) groups is 2. The van der Waals surface area contributed by atoms with Gasteiger partial charge in [0.05, 0.1) is 22.2 Å². The summed E-state index contributed by atoms with van der Waals surface area (Å²) in [6.45, 7) is 0.0950. The number of hydrogen-bond donors (Lipinski definition) is 2. The third kappa shape index (κ3) is 5.69. The van der Waals surface area contributed by atoms with Gasteiger partial charge < -0.3 is 10.1 Å². The first kappa shape index (κ1) is 25.1.